The molecule has 3 heterocycles. The van der Waals surface area contributed by atoms with E-state index in [-0.39, 0.29) is 5.91 Å². The third-order valence-electron chi connectivity index (χ3n) is 5.73. The van der Waals surface area contributed by atoms with Crippen molar-refractivity contribution in [1.29, 1.82) is 0 Å². The Balaban J connectivity index is 1.10. The van der Waals surface area contributed by atoms with Crippen molar-refractivity contribution >= 4 is 27.5 Å². The maximum Gasteiger partial charge on any atom is 0.223 e. The molecule has 6 heteroatoms. The molecule has 1 aliphatic rings. The highest BCUT2D eigenvalue weighted by atomic mass is 32.1. The lowest BCUT2D eigenvalue weighted by atomic mass is 10.2. The summed E-state index contributed by atoms with van der Waals surface area (Å²) in [5, 5.41) is 1.15. The first-order valence-electron chi connectivity index (χ1n) is 10.7. The fourth-order valence-corrected chi connectivity index (χ4v) is 5.00. The lowest BCUT2D eigenvalue weighted by Crippen LogP contribution is -2.48. The molecule has 0 radical (unpaired) electrons. The van der Waals surface area contributed by atoms with Crippen LogP contribution in [0.1, 0.15) is 17.2 Å². The normalized spacial score (nSPS) is 14.9. The summed E-state index contributed by atoms with van der Waals surface area (Å²) < 4.78 is 7.17. The minimum atomic E-state index is 0.206. The van der Waals surface area contributed by atoms with Gasteiger partial charge in [0, 0.05) is 44.6 Å². The molecule has 1 fully saturated rings. The van der Waals surface area contributed by atoms with Crippen molar-refractivity contribution in [2.75, 3.05) is 26.2 Å². The zero-order valence-electron chi connectivity index (χ0n) is 17.4. The van der Waals surface area contributed by atoms with Crippen LogP contribution in [0, 0.1) is 0 Å². The highest BCUT2D eigenvalue weighted by Gasteiger charge is 2.22. The standard InChI is InChI=1S/C25H25N3O2S/c29-25(13-11-20-10-12-22(30-20)19-6-2-1-3-7-19)28-16-14-27(15-17-28)18-24-26-21-8-4-5-9-23(21)31-24/h1-10,12H,11,13-18H2. The number of nitrogens with zero attached hydrogens (tertiary/aromatic N) is 3. The van der Waals surface area contributed by atoms with E-state index in [1.54, 1.807) is 11.3 Å². The molecule has 0 unspecified atom stereocenters. The highest BCUT2D eigenvalue weighted by molar-refractivity contribution is 7.18. The van der Waals surface area contributed by atoms with Gasteiger partial charge in [0.05, 0.1) is 16.8 Å². The molecule has 4 aromatic rings. The van der Waals surface area contributed by atoms with Crippen LogP contribution in [0.25, 0.3) is 21.5 Å². The van der Waals surface area contributed by atoms with Crippen molar-refractivity contribution in [1.82, 2.24) is 14.8 Å². The van der Waals surface area contributed by atoms with Gasteiger partial charge in [-0.05, 0) is 24.3 Å². The molecule has 1 amide bonds. The molecular formula is C25H25N3O2S. The third-order valence-corrected chi connectivity index (χ3v) is 6.75. The van der Waals surface area contributed by atoms with Crippen molar-refractivity contribution < 1.29 is 9.21 Å². The second kappa shape index (κ2) is 9.04. The van der Waals surface area contributed by atoms with E-state index in [1.165, 1.54) is 4.70 Å². The maximum absolute atomic E-state index is 12.7. The van der Waals surface area contributed by atoms with E-state index in [2.05, 4.69) is 23.1 Å². The Labute approximate surface area is 185 Å². The molecule has 0 spiro atoms. The zero-order chi connectivity index (χ0) is 21.0. The van der Waals surface area contributed by atoms with Crippen LogP contribution in [-0.4, -0.2) is 46.9 Å². The smallest absolute Gasteiger partial charge is 0.223 e. The van der Waals surface area contributed by atoms with E-state index in [9.17, 15) is 4.79 Å². The fourth-order valence-electron chi connectivity index (χ4n) is 3.99. The number of hydrogen-bond acceptors (Lipinski definition) is 5. The molecule has 0 aliphatic carbocycles. The fraction of sp³-hybridized carbons (Fsp3) is 0.280. The van der Waals surface area contributed by atoms with Gasteiger partial charge in [-0.25, -0.2) is 4.98 Å². The third kappa shape index (κ3) is 4.70. The molecule has 158 valence electrons. The van der Waals surface area contributed by atoms with Gasteiger partial charge in [-0.1, -0.05) is 42.5 Å². The van der Waals surface area contributed by atoms with E-state index in [0.29, 0.717) is 12.8 Å². The number of carbonyl (C=O) groups is 1. The monoisotopic (exact) mass is 431 g/mol. The molecule has 2 aromatic heterocycles. The van der Waals surface area contributed by atoms with Gasteiger partial charge in [0.2, 0.25) is 5.91 Å². The average Bonchev–Trinajstić information content (AvgIpc) is 3.45. The Morgan fingerprint density at radius 3 is 2.52 bits per heavy atom. The number of aromatic nitrogens is 1. The minimum absolute atomic E-state index is 0.206. The number of furan rings is 1. The quantitative estimate of drug-likeness (QED) is 0.439. The first kappa shape index (κ1) is 20.0. The van der Waals surface area contributed by atoms with Crippen molar-refractivity contribution in [2.45, 2.75) is 19.4 Å². The van der Waals surface area contributed by atoms with Gasteiger partial charge in [-0.15, -0.1) is 11.3 Å². The molecule has 2 aromatic carbocycles. The summed E-state index contributed by atoms with van der Waals surface area (Å²) in [5.41, 5.74) is 2.13. The number of rotatable bonds is 6. The average molecular weight is 432 g/mol. The maximum atomic E-state index is 12.7. The van der Waals surface area contributed by atoms with E-state index in [4.69, 9.17) is 9.40 Å². The van der Waals surface area contributed by atoms with Crippen LogP contribution in [0.5, 0.6) is 0 Å². The highest BCUT2D eigenvalue weighted by Crippen LogP contribution is 2.24. The van der Waals surface area contributed by atoms with Crippen molar-refractivity contribution in [3.05, 3.63) is 77.5 Å². The summed E-state index contributed by atoms with van der Waals surface area (Å²) in [7, 11) is 0. The van der Waals surface area contributed by atoms with Gasteiger partial charge in [0.25, 0.3) is 0 Å². The largest absolute Gasteiger partial charge is 0.461 e. The topological polar surface area (TPSA) is 49.6 Å². The lowest BCUT2D eigenvalue weighted by molar-refractivity contribution is -0.133. The van der Waals surface area contributed by atoms with Gasteiger partial charge in [-0.2, -0.15) is 0 Å². The molecule has 0 atom stereocenters. The Morgan fingerprint density at radius 2 is 1.71 bits per heavy atom. The van der Waals surface area contributed by atoms with Crippen LogP contribution < -0.4 is 0 Å². The molecule has 1 aliphatic heterocycles. The predicted octanol–water partition coefficient (Wildman–Crippen LogP) is 4.83. The Morgan fingerprint density at radius 1 is 0.935 bits per heavy atom. The number of para-hydroxylation sites is 1. The van der Waals surface area contributed by atoms with E-state index in [1.807, 2.05) is 53.4 Å². The molecule has 0 saturated carbocycles. The number of piperazine rings is 1. The molecule has 5 rings (SSSR count). The second-order valence-electron chi connectivity index (χ2n) is 7.86. The molecule has 5 nitrogen and oxygen atoms in total. The van der Waals surface area contributed by atoms with Gasteiger partial charge in [0.15, 0.2) is 0 Å². The molecule has 0 N–H and O–H groups in total. The van der Waals surface area contributed by atoms with E-state index >= 15 is 0 Å². The van der Waals surface area contributed by atoms with Crippen LogP contribution in [0.3, 0.4) is 0 Å². The van der Waals surface area contributed by atoms with E-state index in [0.717, 1.165) is 60.3 Å². The first-order chi connectivity index (χ1) is 15.2. The van der Waals surface area contributed by atoms with Gasteiger partial charge < -0.3 is 9.32 Å². The number of benzene rings is 2. The van der Waals surface area contributed by atoms with Crippen molar-refractivity contribution in [3.63, 3.8) is 0 Å². The zero-order valence-corrected chi connectivity index (χ0v) is 18.2. The van der Waals surface area contributed by atoms with Crippen LogP contribution in [0.15, 0.2) is 71.1 Å². The number of aryl methyl sites for hydroxylation is 1. The Hall–Kier alpha value is -2.96. The second-order valence-corrected chi connectivity index (χ2v) is 8.98. The predicted molar refractivity (Wildman–Crippen MR) is 124 cm³/mol. The number of amides is 1. The number of fused-ring (bicyclic) bond motifs is 1. The van der Waals surface area contributed by atoms with Crippen molar-refractivity contribution in [3.8, 4) is 11.3 Å². The SMILES string of the molecule is O=C(CCc1ccc(-c2ccccc2)o1)N1CCN(Cc2nc3ccccc3s2)CC1. The van der Waals surface area contributed by atoms with Gasteiger partial charge >= 0.3 is 0 Å². The van der Waals surface area contributed by atoms with Gasteiger partial charge in [-0.3, -0.25) is 9.69 Å². The number of thiazole rings is 1. The summed E-state index contributed by atoms with van der Waals surface area (Å²) in [6, 6.07) is 22.3. The molecule has 31 heavy (non-hydrogen) atoms. The van der Waals surface area contributed by atoms with Crippen LogP contribution in [0.4, 0.5) is 0 Å². The summed E-state index contributed by atoms with van der Waals surface area (Å²) in [6.45, 7) is 4.19. The number of hydrogen-bond donors (Lipinski definition) is 0. The minimum Gasteiger partial charge on any atom is -0.461 e. The van der Waals surface area contributed by atoms with Crippen LogP contribution in [0.2, 0.25) is 0 Å². The summed E-state index contributed by atoms with van der Waals surface area (Å²) in [6.07, 6.45) is 1.12. The summed E-state index contributed by atoms with van der Waals surface area (Å²) in [4.78, 5) is 21.8. The Kier molecular flexibility index (Phi) is 5.82. The Bertz CT molecular complexity index is 1130. The summed E-state index contributed by atoms with van der Waals surface area (Å²) in [5.74, 6) is 1.92. The van der Waals surface area contributed by atoms with Crippen LogP contribution >= 0.6 is 11.3 Å². The first-order valence-corrected chi connectivity index (χ1v) is 11.5. The van der Waals surface area contributed by atoms with Gasteiger partial charge in [0.1, 0.15) is 16.5 Å². The van der Waals surface area contributed by atoms with E-state index < -0.39 is 0 Å². The van der Waals surface area contributed by atoms with Crippen LogP contribution in [-0.2, 0) is 17.8 Å². The van der Waals surface area contributed by atoms with Crippen molar-refractivity contribution in [2.24, 2.45) is 0 Å². The molecule has 0 bridgehead atoms. The summed E-state index contributed by atoms with van der Waals surface area (Å²) >= 11 is 1.76. The number of carbonyl (C=O) groups excluding carboxylic acids is 1. The molecule has 1 saturated heterocycles. The lowest BCUT2D eigenvalue weighted by Gasteiger charge is -2.34. The molecular weight excluding hydrogens is 406 g/mol.